The summed E-state index contributed by atoms with van der Waals surface area (Å²) in [5, 5.41) is 5.66. The molecule has 0 spiro atoms. The van der Waals surface area contributed by atoms with Gasteiger partial charge in [0.2, 0.25) is 0 Å². The van der Waals surface area contributed by atoms with Crippen LogP contribution in [0.15, 0.2) is 15.5 Å². The van der Waals surface area contributed by atoms with Gasteiger partial charge in [0.05, 0.1) is 11.9 Å². The second kappa shape index (κ2) is 2.18. The van der Waals surface area contributed by atoms with E-state index >= 15 is 0 Å². The van der Waals surface area contributed by atoms with Crippen molar-refractivity contribution in [2.75, 3.05) is 5.73 Å². The fourth-order valence-electron chi connectivity index (χ4n) is 0.397. The van der Waals surface area contributed by atoms with Gasteiger partial charge in [-0.25, -0.2) is 5.10 Å². The number of nitrogens with one attached hydrogen (secondary N) is 1. The number of rotatable bonds is 0. The van der Waals surface area contributed by atoms with E-state index in [9.17, 15) is 4.79 Å². The molecule has 1 aromatic heterocycles. The van der Waals surface area contributed by atoms with Crippen LogP contribution >= 0.6 is 15.9 Å². The van der Waals surface area contributed by atoms with E-state index in [2.05, 4.69) is 26.1 Å². The van der Waals surface area contributed by atoms with Crippen molar-refractivity contribution in [3.63, 3.8) is 0 Å². The monoisotopic (exact) mass is 189 g/mol. The number of halogens is 1. The summed E-state index contributed by atoms with van der Waals surface area (Å²) in [5.74, 6) is 0. The Morgan fingerprint density at radius 1 is 1.78 bits per heavy atom. The van der Waals surface area contributed by atoms with E-state index in [4.69, 9.17) is 5.73 Å². The van der Waals surface area contributed by atoms with Crippen molar-refractivity contribution in [1.82, 2.24) is 10.2 Å². The summed E-state index contributed by atoms with van der Waals surface area (Å²) in [6.07, 6.45) is 1.37. The first-order valence-electron chi connectivity index (χ1n) is 2.20. The van der Waals surface area contributed by atoms with Gasteiger partial charge in [0.25, 0.3) is 5.56 Å². The normalized spacial score (nSPS) is 9.44. The van der Waals surface area contributed by atoms with Crippen molar-refractivity contribution in [2.24, 2.45) is 0 Å². The number of nitrogens with two attached hydrogens (primary N) is 1. The van der Waals surface area contributed by atoms with Gasteiger partial charge in [-0.2, -0.15) is 5.10 Å². The van der Waals surface area contributed by atoms with Gasteiger partial charge in [-0.1, -0.05) is 0 Å². The predicted molar refractivity (Wildman–Crippen MR) is 37.0 cm³/mol. The average Bonchev–Trinajstić information content (AvgIpc) is 1.83. The Balaban J connectivity index is 3.43. The van der Waals surface area contributed by atoms with Gasteiger partial charge in [-0.05, 0) is 15.9 Å². The van der Waals surface area contributed by atoms with Crippen LogP contribution in [-0.2, 0) is 0 Å². The van der Waals surface area contributed by atoms with Gasteiger partial charge in [-0.3, -0.25) is 4.79 Å². The maximum atomic E-state index is 10.6. The molecule has 0 aromatic carbocycles. The van der Waals surface area contributed by atoms with Crippen molar-refractivity contribution < 1.29 is 0 Å². The number of aromatic amines is 1. The van der Waals surface area contributed by atoms with E-state index in [0.29, 0.717) is 10.2 Å². The van der Waals surface area contributed by atoms with Crippen LogP contribution in [0.3, 0.4) is 0 Å². The van der Waals surface area contributed by atoms with E-state index in [1.165, 1.54) is 6.20 Å². The predicted octanol–water partition coefficient (Wildman–Crippen LogP) is 0.115. The summed E-state index contributed by atoms with van der Waals surface area (Å²) in [7, 11) is 0. The Hall–Kier alpha value is -0.840. The van der Waals surface area contributed by atoms with Crippen molar-refractivity contribution in [2.45, 2.75) is 0 Å². The summed E-state index contributed by atoms with van der Waals surface area (Å²) < 4.78 is 0.331. The summed E-state index contributed by atoms with van der Waals surface area (Å²) in [5.41, 5.74) is 5.33. The van der Waals surface area contributed by atoms with Crippen LogP contribution in [-0.4, -0.2) is 10.2 Å². The summed E-state index contributed by atoms with van der Waals surface area (Å²) in [4.78, 5) is 10.6. The first-order chi connectivity index (χ1) is 4.22. The molecule has 3 N–H and O–H groups in total. The molecule has 0 amide bonds. The molecular weight excluding hydrogens is 186 g/mol. The van der Waals surface area contributed by atoms with Crippen LogP contribution in [0, 0.1) is 0 Å². The number of nitrogens with zero attached hydrogens (tertiary/aromatic N) is 1. The van der Waals surface area contributed by atoms with E-state index < -0.39 is 0 Å². The molecule has 0 aliphatic rings. The molecule has 0 fully saturated rings. The lowest BCUT2D eigenvalue weighted by atomic mass is 10.5. The molecule has 1 heterocycles. The number of aromatic nitrogens is 2. The molecule has 48 valence electrons. The largest absolute Gasteiger partial charge is 0.396 e. The minimum Gasteiger partial charge on any atom is -0.396 e. The van der Waals surface area contributed by atoms with E-state index in [0.717, 1.165) is 0 Å². The molecule has 9 heavy (non-hydrogen) atoms. The SMILES string of the molecule is Nc1cn[nH]c(=O)c1Br. The van der Waals surface area contributed by atoms with Crippen LogP contribution in [0.25, 0.3) is 0 Å². The Kier molecular flexibility index (Phi) is 1.52. The first kappa shape index (κ1) is 6.28. The quantitative estimate of drug-likeness (QED) is 0.609. The second-order valence-electron chi connectivity index (χ2n) is 1.47. The van der Waals surface area contributed by atoms with Crippen molar-refractivity contribution in [1.29, 1.82) is 0 Å². The summed E-state index contributed by atoms with van der Waals surface area (Å²) in [6, 6.07) is 0. The van der Waals surface area contributed by atoms with Gasteiger partial charge < -0.3 is 5.73 Å². The number of hydrogen-bond acceptors (Lipinski definition) is 3. The van der Waals surface area contributed by atoms with Crippen LogP contribution < -0.4 is 11.3 Å². The Labute approximate surface area is 59.2 Å². The number of nitrogen functional groups attached to an aromatic ring is 1. The number of anilines is 1. The lowest BCUT2D eigenvalue weighted by molar-refractivity contribution is 0.983. The van der Waals surface area contributed by atoms with E-state index in [1.807, 2.05) is 0 Å². The highest BCUT2D eigenvalue weighted by Gasteiger charge is 1.96. The molecule has 0 radical (unpaired) electrons. The van der Waals surface area contributed by atoms with Crippen LogP contribution in [0.4, 0.5) is 5.69 Å². The molecule has 1 aromatic rings. The van der Waals surface area contributed by atoms with Crippen molar-refractivity contribution in [3.8, 4) is 0 Å². The highest BCUT2D eigenvalue weighted by atomic mass is 79.9. The third kappa shape index (κ3) is 1.10. The molecular formula is C4H4BrN3O. The van der Waals surface area contributed by atoms with Crippen LogP contribution in [0.5, 0.6) is 0 Å². The molecule has 0 saturated heterocycles. The molecule has 0 saturated carbocycles. The van der Waals surface area contributed by atoms with Gasteiger partial charge in [-0.15, -0.1) is 0 Å². The fraction of sp³-hybridized carbons (Fsp3) is 0. The van der Waals surface area contributed by atoms with Crippen molar-refractivity contribution in [3.05, 3.63) is 21.0 Å². The molecule has 1 rings (SSSR count). The Morgan fingerprint density at radius 3 is 2.89 bits per heavy atom. The van der Waals surface area contributed by atoms with Gasteiger partial charge in [0.1, 0.15) is 4.47 Å². The number of hydrogen-bond donors (Lipinski definition) is 2. The third-order valence-electron chi connectivity index (χ3n) is 0.823. The Bertz CT molecular complexity index is 269. The molecule has 5 heteroatoms. The van der Waals surface area contributed by atoms with Crippen LogP contribution in [0.2, 0.25) is 0 Å². The van der Waals surface area contributed by atoms with Gasteiger partial charge >= 0.3 is 0 Å². The topological polar surface area (TPSA) is 71.8 Å². The molecule has 0 aliphatic carbocycles. The van der Waals surface area contributed by atoms with Crippen molar-refractivity contribution >= 4 is 21.6 Å². The minimum absolute atomic E-state index is 0.310. The minimum atomic E-state index is -0.310. The zero-order chi connectivity index (χ0) is 6.85. The molecule has 0 bridgehead atoms. The molecule has 0 aliphatic heterocycles. The maximum Gasteiger partial charge on any atom is 0.280 e. The lowest BCUT2D eigenvalue weighted by Gasteiger charge is -1.90. The first-order valence-corrected chi connectivity index (χ1v) is 3.00. The zero-order valence-electron chi connectivity index (χ0n) is 4.39. The summed E-state index contributed by atoms with van der Waals surface area (Å²) >= 11 is 2.97. The average molecular weight is 190 g/mol. The lowest BCUT2D eigenvalue weighted by Crippen LogP contribution is -2.10. The standard InChI is InChI=1S/C4H4BrN3O/c5-3-2(6)1-7-8-4(3)9/h1H,(H3,6,8,9). The number of H-pyrrole nitrogens is 1. The fourth-order valence-corrected chi connectivity index (χ4v) is 0.588. The zero-order valence-corrected chi connectivity index (χ0v) is 5.97. The van der Waals surface area contributed by atoms with Crippen LogP contribution in [0.1, 0.15) is 0 Å². The molecule has 0 atom stereocenters. The van der Waals surface area contributed by atoms with E-state index in [1.54, 1.807) is 0 Å². The summed E-state index contributed by atoms with van der Waals surface area (Å²) in [6.45, 7) is 0. The Morgan fingerprint density at radius 2 is 2.44 bits per heavy atom. The maximum absolute atomic E-state index is 10.6. The molecule has 4 nitrogen and oxygen atoms in total. The molecule has 0 unspecified atom stereocenters. The van der Waals surface area contributed by atoms with Gasteiger partial charge in [0, 0.05) is 0 Å². The third-order valence-corrected chi connectivity index (χ3v) is 1.64. The smallest absolute Gasteiger partial charge is 0.280 e. The second-order valence-corrected chi connectivity index (χ2v) is 2.26. The highest BCUT2D eigenvalue weighted by Crippen LogP contribution is 2.09. The highest BCUT2D eigenvalue weighted by molar-refractivity contribution is 9.10. The van der Waals surface area contributed by atoms with Gasteiger partial charge in [0.15, 0.2) is 0 Å². The van der Waals surface area contributed by atoms with E-state index in [-0.39, 0.29) is 5.56 Å².